The van der Waals surface area contributed by atoms with Crippen LogP contribution in [0.15, 0.2) is 46.6 Å². The van der Waals surface area contributed by atoms with Crippen LogP contribution in [0, 0.1) is 0 Å². The van der Waals surface area contributed by atoms with Crippen molar-refractivity contribution in [3.05, 3.63) is 47.9 Å². The number of rotatable bonds is 3. The summed E-state index contributed by atoms with van der Waals surface area (Å²) >= 11 is 0. The Balaban J connectivity index is 1.64. The Hall–Kier alpha value is -2.80. The first-order valence-corrected chi connectivity index (χ1v) is 6.98. The molecule has 0 radical (unpaired) electrons. The maximum absolute atomic E-state index is 11.8. The van der Waals surface area contributed by atoms with Gasteiger partial charge in [-0.2, -0.15) is 10.1 Å². The van der Waals surface area contributed by atoms with Crippen LogP contribution < -0.4 is 0 Å². The van der Waals surface area contributed by atoms with E-state index in [4.69, 9.17) is 4.84 Å². The minimum atomic E-state index is -0.173. The first-order chi connectivity index (χ1) is 10.8. The maximum atomic E-state index is 11.8. The van der Waals surface area contributed by atoms with Crippen molar-refractivity contribution in [2.24, 2.45) is 9.98 Å². The lowest BCUT2D eigenvalue weighted by Gasteiger charge is -2.23. The predicted octanol–water partition coefficient (Wildman–Crippen LogP) is 1.67. The molecule has 22 heavy (non-hydrogen) atoms. The summed E-state index contributed by atoms with van der Waals surface area (Å²) in [6.07, 6.45) is 3.52. The number of hydrogen-bond donors (Lipinski definition) is 0. The molecule has 1 aromatic carbocycles. The molecule has 0 bridgehead atoms. The SMILES string of the molecule is O=C1CCn2cnc3c2C(=N1)N(OCc1ccccc1)C=N3. The Kier molecular flexibility index (Phi) is 3.05. The van der Waals surface area contributed by atoms with Gasteiger partial charge in [-0.05, 0) is 5.56 Å². The number of carbonyl (C=O) groups excluding carboxylic acids is 1. The normalized spacial score (nSPS) is 16.3. The fraction of sp³-hybridized carbons (Fsp3) is 0.200. The van der Waals surface area contributed by atoms with Crippen LogP contribution >= 0.6 is 0 Å². The van der Waals surface area contributed by atoms with Crippen molar-refractivity contribution < 1.29 is 9.63 Å². The van der Waals surface area contributed by atoms with Gasteiger partial charge in [-0.3, -0.25) is 9.63 Å². The van der Waals surface area contributed by atoms with Crippen LogP contribution in [0.25, 0.3) is 0 Å². The summed E-state index contributed by atoms with van der Waals surface area (Å²) in [6, 6.07) is 9.78. The highest BCUT2D eigenvalue weighted by Gasteiger charge is 2.29. The van der Waals surface area contributed by atoms with E-state index in [-0.39, 0.29) is 5.91 Å². The summed E-state index contributed by atoms with van der Waals surface area (Å²) < 4.78 is 1.88. The van der Waals surface area contributed by atoms with Crippen molar-refractivity contribution in [1.82, 2.24) is 14.6 Å². The molecule has 0 aliphatic carbocycles. The van der Waals surface area contributed by atoms with E-state index in [1.165, 1.54) is 11.4 Å². The molecular formula is C15H13N5O2. The van der Waals surface area contributed by atoms with Gasteiger partial charge in [-0.1, -0.05) is 30.3 Å². The standard InChI is InChI=1S/C15H13N5O2/c21-12-6-7-19-9-16-14-13(19)15(18-12)20(10-17-14)22-8-11-4-2-1-3-5-11/h1-5,9-10H,6-8H2. The molecule has 7 nitrogen and oxygen atoms in total. The number of benzene rings is 1. The molecule has 0 fully saturated rings. The number of aromatic nitrogens is 2. The summed E-state index contributed by atoms with van der Waals surface area (Å²) in [7, 11) is 0. The molecule has 1 amide bonds. The number of amides is 1. The van der Waals surface area contributed by atoms with Gasteiger partial charge in [0.15, 0.2) is 11.7 Å². The molecule has 4 rings (SSSR count). The maximum Gasteiger partial charge on any atom is 0.249 e. The van der Waals surface area contributed by atoms with Crippen molar-refractivity contribution in [3.63, 3.8) is 0 Å². The van der Waals surface area contributed by atoms with E-state index in [0.717, 1.165) is 11.3 Å². The van der Waals surface area contributed by atoms with Crippen molar-refractivity contribution in [1.29, 1.82) is 0 Å². The monoisotopic (exact) mass is 295 g/mol. The van der Waals surface area contributed by atoms with E-state index in [0.29, 0.717) is 31.2 Å². The lowest BCUT2D eigenvalue weighted by molar-refractivity contribution is -0.118. The summed E-state index contributed by atoms with van der Waals surface area (Å²) in [6.45, 7) is 0.916. The Bertz CT molecular complexity index is 778. The molecule has 3 heterocycles. The summed E-state index contributed by atoms with van der Waals surface area (Å²) in [5, 5.41) is 1.44. The van der Waals surface area contributed by atoms with Gasteiger partial charge in [0.1, 0.15) is 18.6 Å². The van der Waals surface area contributed by atoms with E-state index in [1.807, 2.05) is 34.9 Å². The van der Waals surface area contributed by atoms with E-state index < -0.39 is 0 Å². The van der Waals surface area contributed by atoms with Gasteiger partial charge in [0, 0.05) is 13.0 Å². The molecule has 1 aromatic heterocycles. The molecular weight excluding hydrogens is 282 g/mol. The fourth-order valence-corrected chi connectivity index (χ4v) is 2.44. The van der Waals surface area contributed by atoms with E-state index in [2.05, 4.69) is 15.0 Å². The molecule has 0 unspecified atom stereocenters. The summed E-state index contributed by atoms with van der Waals surface area (Å²) in [5.41, 5.74) is 1.75. The van der Waals surface area contributed by atoms with Crippen LogP contribution in [0.3, 0.4) is 0 Å². The highest BCUT2D eigenvalue weighted by atomic mass is 16.7. The van der Waals surface area contributed by atoms with Gasteiger partial charge in [0.2, 0.25) is 5.91 Å². The second-order valence-electron chi connectivity index (χ2n) is 5.02. The molecule has 0 spiro atoms. The first kappa shape index (κ1) is 12.9. The third-order valence-corrected chi connectivity index (χ3v) is 3.53. The van der Waals surface area contributed by atoms with E-state index in [9.17, 15) is 4.79 Å². The zero-order valence-electron chi connectivity index (χ0n) is 11.7. The average Bonchev–Trinajstić information content (AvgIpc) is 2.88. The van der Waals surface area contributed by atoms with Crippen molar-refractivity contribution in [3.8, 4) is 0 Å². The summed E-state index contributed by atoms with van der Waals surface area (Å²) in [4.78, 5) is 30.2. The van der Waals surface area contributed by atoms with Gasteiger partial charge < -0.3 is 4.57 Å². The van der Waals surface area contributed by atoms with Gasteiger partial charge in [-0.25, -0.2) is 9.98 Å². The van der Waals surface area contributed by atoms with Crippen LogP contribution in [0.5, 0.6) is 0 Å². The van der Waals surface area contributed by atoms with E-state index >= 15 is 0 Å². The molecule has 0 saturated heterocycles. The lowest BCUT2D eigenvalue weighted by atomic mass is 10.2. The number of nitrogens with zero attached hydrogens (tertiary/aromatic N) is 5. The second kappa shape index (κ2) is 5.19. The molecule has 0 saturated carbocycles. The van der Waals surface area contributed by atoms with Gasteiger partial charge in [-0.15, -0.1) is 0 Å². The van der Waals surface area contributed by atoms with Crippen LogP contribution in [-0.4, -0.2) is 32.7 Å². The first-order valence-electron chi connectivity index (χ1n) is 6.98. The predicted molar refractivity (Wildman–Crippen MR) is 79.6 cm³/mol. The lowest BCUT2D eigenvalue weighted by Crippen LogP contribution is -2.34. The smallest absolute Gasteiger partial charge is 0.249 e. The number of aryl methyl sites for hydroxylation is 1. The Morgan fingerprint density at radius 3 is 2.95 bits per heavy atom. The Morgan fingerprint density at radius 2 is 2.09 bits per heavy atom. The minimum absolute atomic E-state index is 0.173. The number of amidine groups is 1. The van der Waals surface area contributed by atoms with Gasteiger partial charge in [0.25, 0.3) is 0 Å². The molecule has 0 N–H and O–H groups in total. The second-order valence-corrected chi connectivity index (χ2v) is 5.02. The van der Waals surface area contributed by atoms with Crippen LogP contribution in [0.2, 0.25) is 0 Å². The molecule has 110 valence electrons. The number of imidazole rings is 1. The Labute approximate surface area is 126 Å². The average molecular weight is 295 g/mol. The molecule has 0 atom stereocenters. The number of aliphatic imine (C=N–C) groups is 2. The number of hydroxylamine groups is 2. The highest BCUT2D eigenvalue weighted by molar-refractivity contribution is 6.12. The number of hydrogen-bond acceptors (Lipinski definition) is 5. The molecule has 2 aliphatic rings. The van der Waals surface area contributed by atoms with Gasteiger partial charge >= 0.3 is 0 Å². The molecule has 2 aliphatic heterocycles. The number of carbonyl (C=O) groups is 1. The van der Waals surface area contributed by atoms with Crippen LogP contribution in [0.4, 0.5) is 5.82 Å². The van der Waals surface area contributed by atoms with E-state index in [1.54, 1.807) is 6.33 Å². The quantitative estimate of drug-likeness (QED) is 0.863. The largest absolute Gasteiger partial charge is 0.326 e. The van der Waals surface area contributed by atoms with Crippen LogP contribution in [0.1, 0.15) is 17.7 Å². The molecule has 2 aromatic rings. The van der Waals surface area contributed by atoms with Crippen LogP contribution in [-0.2, 0) is 22.8 Å². The van der Waals surface area contributed by atoms with Crippen molar-refractivity contribution in [2.45, 2.75) is 19.6 Å². The fourth-order valence-electron chi connectivity index (χ4n) is 2.44. The van der Waals surface area contributed by atoms with Crippen molar-refractivity contribution >= 4 is 23.9 Å². The minimum Gasteiger partial charge on any atom is -0.326 e. The van der Waals surface area contributed by atoms with Crippen molar-refractivity contribution in [2.75, 3.05) is 0 Å². The zero-order valence-corrected chi connectivity index (χ0v) is 11.7. The van der Waals surface area contributed by atoms with Gasteiger partial charge in [0.05, 0.1) is 6.33 Å². The zero-order chi connectivity index (χ0) is 14.9. The molecule has 7 heteroatoms. The highest BCUT2D eigenvalue weighted by Crippen LogP contribution is 2.25. The third kappa shape index (κ3) is 2.21. The third-order valence-electron chi connectivity index (χ3n) is 3.53. The Morgan fingerprint density at radius 1 is 1.23 bits per heavy atom. The topological polar surface area (TPSA) is 72.1 Å². The summed E-state index contributed by atoms with van der Waals surface area (Å²) in [5.74, 6) is 0.835.